The van der Waals surface area contributed by atoms with Crippen molar-refractivity contribution in [1.82, 2.24) is 5.32 Å². The molecule has 1 heterocycles. The smallest absolute Gasteiger partial charge is 0.0685 e. The molecule has 1 saturated heterocycles. The molecule has 0 aromatic heterocycles. The minimum Gasteiger partial charge on any atom is -0.375 e. The number of likely N-dealkylation sites (N-methyl/N-ethyl adjacent to an activating group) is 1. The van der Waals surface area contributed by atoms with E-state index in [0.29, 0.717) is 6.04 Å². The van der Waals surface area contributed by atoms with Gasteiger partial charge in [-0.25, -0.2) is 0 Å². The molecule has 0 amide bonds. The van der Waals surface area contributed by atoms with Crippen molar-refractivity contribution in [3.63, 3.8) is 0 Å². The Hall–Kier alpha value is -0.860. The van der Waals surface area contributed by atoms with Gasteiger partial charge in [0.25, 0.3) is 0 Å². The lowest BCUT2D eigenvalue weighted by Gasteiger charge is -2.41. The maximum absolute atomic E-state index is 6.21. The molecule has 1 N–H and O–H groups in total. The molecule has 0 bridgehead atoms. The van der Waals surface area contributed by atoms with Gasteiger partial charge >= 0.3 is 0 Å². The number of rotatable bonds is 5. The van der Waals surface area contributed by atoms with Crippen LogP contribution in [0.4, 0.5) is 0 Å². The van der Waals surface area contributed by atoms with Gasteiger partial charge in [0.1, 0.15) is 0 Å². The summed E-state index contributed by atoms with van der Waals surface area (Å²) in [6.45, 7) is 4.24. The zero-order valence-corrected chi connectivity index (χ0v) is 13.3. The molecular formula is C19H29NO. The molecule has 2 nitrogen and oxygen atoms in total. The molecule has 2 atom stereocenters. The normalized spacial score (nSPS) is 26.0. The van der Waals surface area contributed by atoms with Gasteiger partial charge < -0.3 is 10.1 Å². The Labute approximate surface area is 129 Å². The average molecular weight is 287 g/mol. The van der Waals surface area contributed by atoms with Crippen molar-refractivity contribution in [1.29, 1.82) is 0 Å². The Morgan fingerprint density at radius 3 is 2.71 bits per heavy atom. The number of hydrogen-bond acceptors (Lipinski definition) is 2. The number of nitrogens with one attached hydrogen (secondary N) is 1. The monoisotopic (exact) mass is 287 g/mol. The Morgan fingerprint density at radius 1 is 1.24 bits per heavy atom. The Kier molecular flexibility index (Phi) is 4.97. The van der Waals surface area contributed by atoms with E-state index in [0.717, 1.165) is 25.5 Å². The van der Waals surface area contributed by atoms with Crippen LogP contribution in [0.1, 0.15) is 51.0 Å². The van der Waals surface area contributed by atoms with E-state index >= 15 is 0 Å². The quantitative estimate of drug-likeness (QED) is 0.885. The molecule has 21 heavy (non-hydrogen) atoms. The largest absolute Gasteiger partial charge is 0.375 e. The second-order valence-corrected chi connectivity index (χ2v) is 6.85. The third-order valence-electron chi connectivity index (χ3n) is 5.38. The van der Waals surface area contributed by atoms with Crippen LogP contribution in [0.5, 0.6) is 0 Å². The van der Waals surface area contributed by atoms with Crippen molar-refractivity contribution >= 4 is 0 Å². The molecule has 3 rings (SSSR count). The summed E-state index contributed by atoms with van der Waals surface area (Å²) in [5, 5.41) is 3.75. The number of benzene rings is 1. The van der Waals surface area contributed by atoms with Crippen molar-refractivity contribution in [2.45, 2.75) is 63.5 Å². The van der Waals surface area contributed by atoms with Gasteiger partial charge in [-0.2, -0.15) is 0 Å². The van der Waals surface area contributed by atoms with Crippen LogP contribution < -0.4 is 5.32 Å². The highest BCUT2D eigenvalue weighted by Gasteiger charge is 2.41. The molecule has 1 aromatic rings. The van der Waals surface area contributed by atoms with Gasteiger partial charge in [-0.1, -0.05) is 50.1 Å². The molecule has 1 aliphatic heterocycles. The molecular weight excluding hydrogens is 258 g/mol. The molecule has 2 fully saturated rings. The van der Waals surface area contributed by atoms with Crippen LogP contribution >= 0.6 is 0 Å². The van der Waals surface area contributed by atoms with E-state index in [-0.39, 0.29) is 5.60 Å². The average Bonchev–Trinajstić information content (AvgIpc) is 2.96. The summed E-state index contributed by atoms with van der Waals surface area (Å²) in [4.78, 5) is 0. The minimum atomic E-state index is 0.229. The maximum Gasteiger partial charge on any atom is 0.0685 e. The first-order valence-corrected chi connectivity index (χ1v) is 8.73. The summed E-state index contributed by atoms with van der Waals surface area (Å²) in [5.74, 6) is 0.761. The van der Waals surface area contributed by atoms with E-state index in [2.05, 4.69) is 42.6 Å². The molecule has 1 spiro atoms. The second-order valence-electron chi connectivity index (χ2n) is 6.85. The lowest BCUT2D eigenvalue weighted by Crippen LogP contribution is -2.46. The lowest BCUT2D eigenvalue weighted by molar-refractivity contribution is -0.0978. The number of hydrogen-bond donors (Lipinski definition) is 1. The van der Waals surface area contributed by atoms with Crippen molar-refractivity contribution in [2.24, 2.45) is 5.92 Å². The molecule has 1 saturated carbocycles. The molecule has 0 radical (unpaired) electrons. The fourth-order valence-corrected chi connectivity index (χ4v) is 4.31. The van der Waals surface area contributed by atoms with Crippen LogP contribution in [0.25, 0.3) is 0 Å². The van der Waals surface area contributed by atoms with Gasteiger partial charge in [0, 0.05) is 12.6 Å². The SMILES string of the molecule is CCNC(Cc1ccccc1)C1CCOC2(CCCC2)C1. The highest BCUT2D eigenvalue weighted by atomic mass is 16.5. The molecule has 2 unspecified atom stereocenters. The fourth-order valence-electron chi connectivity index (χ4n) is 4.31. The topological polar surface area (TPSA) is 21.3 Å². The summed E-state index contributed by atoms with van der Waals surface area (Å²) in [6.07, 6.45) is 8.91. The van der Waals surface area contributed by atoms with E-state index in [1.165, 1.54) is 44.1 Å². The van der Waals surface area contributed by atoms with E-state index in [9.17, 15) is 0 Å². The van der Waals surface area contributed by atoms with E-state index in [4.69, 9.17) is 4.74 Å². The predicted molar refractivity (Wildman–Crippen MR) is 87.5 cm³/mol. The molecule has 2 aliphatic rings. The molecule has 116 valence electrons. The van der Waals surface area contributed by atoms with Crippen LogP contribution in [0.3, 0.4) is 0 Å². The predicted octanol–water partition coefficient (Wildman–Crippen LogP) is 3.95. The molecule has 1 aromatic carbocycles. The highest BCUT2D eigenvalue weighted by Crippen LogP contribution is 2.43. The first kappa shape index (κ1) is 15.1. The first-order chi connectivity index (χ1) is 10.3. The summed E-state index contributed by atoms with van der Waals surface area (Å²) in [7, 11) is 0. The summed E-state index contributed by atoms with van der Waals surface area (Å²) >= 11 is 0. The first-order valence-electron chi connectivity index (χ1n) is 8.73. The Balaban J connectivity index is 1.68. The summed E-state index contributed by atoms with van der Waals surface area (Å²) in [5.41, 5.74) is 1.68. The lowest BCUT2D eigenvalue weighted by atomic mass is 9.79. The number of ether oxygens (including phenoxy) is 1. The van der Waals surface area contributed by atoms with Crippen LogP contribution in [0, 0.1) is 5.92 Å². The van der Waals surface area contributed by atoms with Gasteiger partial charge in [-0.05, 0) is 50.1 Å². The van der Waals surface area contributed by atoms with Gasteiger partial charge in [-0.15, -0.1) is 0 Å². The van der Waals surface area contributed by atoms with Gasteiger partial charge in [-0.3, -0.25) is 0 Å². The van der Waals surface area contributed by atoms with Crippen molar-refractivity contribution in [3.8, 4) is 0 Å². The zero-order valence-electron chi connectivity index (χ0n) is 13.3. The maximum atomic E-state index is 6.21. The molecule has 1 aliphatic carbocycles. The molecule has 2 heteroatoms. The standard InChI is InChI=1S/C19H29NO/c1-2-20-18(14-16-8-4-3-5-9-16)17-10-13-21-19(15-17)11-6-7-12-19/h3-5,8-9,17-18,20H,2,6-7,10-15H2,1H3. The highest BCUT2D eigenvalue weighted by molar-refractivity contribution is 5.16. The zero-order chi connectivity index (χ0) is 14.5. The van der Waals surface area contributed by atoms with Crippen LogP contribution in [0.15, 0.2) is 30.3 Å². The Morgan fingerprint density at radius 2 is 2.00 bits per heavy atom. The van der Waals surface area contributed by atoms with Gasteiger partial charge in [0.2, 0.25) is 0 Å². The van der Waals surface area contributed by atoms with Crippen LogP contribution in [-0.4, -0.2) is 24.8 Å². The van der Waals surface area contributed by atoms with Crippen molar-refractivity contribution in [3.05, 3.63) is 35.9 Å². The van der Waals surface area contributed by atoms with Crippen LogP contribution in [0.2, 0.25) is 0 Å². The fraction of sp³-hybridized carbons (Fsp3) is 0.684. The summed E-state index contributed by atoms with van der Waals surface area (Å²) < 4.78 is 6.21. The Bertz CT molecular complexity index is 424. The van der Waals surface area contributed by atoms with E-state index < -0.39 is 0 Å². The van der Waals surface area contributed by atoms with Gasteiger partial charge in [0.05, 0.1) is 5.60 Å². The third-order valence-corrected chi connectivity index (χ3v) is 5.38. The van der Waals surface area contributed by atoms with Crippen molar-refractivity contribution in [2.75, 3.05) is 13.2 Å². The van der Waals surface area contributed by atoms with Crippen molar-refractivity contribution < 1.29 is 4.74 Å². The van der Waals surface area contributed by atoms with E-state index in [1.807, 2.05) is 0 Å². The van der Waals surface area contributed by atoms with Crippen LogP contribution in [-0.2, 0) is 11.2 Å². The summed E-state index contributed by atoms with van der Waals surface area (Å²) in [6, 6.07) is 11.5. The third kappa shape index (κ3) is 3.67. The van der Waals surface area contributed by atoms with E-state index in [1.54, 1.807) is 0 Å². The van der Waals surface area contributed by atoms with Gasteiger partial charge in [0.15, 0.2) is 0 Å². The minimum absolute atomic E-state index is 0.229. The second kappa shape index (κ2) is 6.93.